The van der Waals surface area contributed by atoms with Gasteiger partial charge in [0.05, 0.1) is 29.8 Å². The molecular formula is C30H31NO6. The molecule has 192 valence electrons. The number of aliphatic hydroxyl groups excluding tert-OH is 1. The van der Waals surface area contributed by atoms with Crippen molar-refractivity contribution in [2.24, 2.45) is 5.92 Å². The number of carboxylic acids is 1. The number of hydrogen-bond donors (Lipinski definition) is 2. The number of ether oxygens (including phenoxy) is 1. The van der Waals surface area contributed by atoms with E-state index in [1.807, 2.05) is 48.5 Å². The number of carbonyl (C=O) groups excluding carboxylic acids is 2. The third kappa shape index (κ3) is 6.06. The molecular weight excluding hydrogens is 470 g/mol. The maximum atomic E-state index is 12.5. The van der Waals surface area contributed by atoms with Gasteiger partial charge in [-0.1, -0.05) is 55.5 Å². The number of nitrogens with zero attached hydrogens (tertiary/aromatic N) is 1. The second kappa shape index (κ2) is 11.8. The Morgan fingerprint density at radius 2 is 1.43 bits per heavy atom. The van der Waals surface area contributed by atoms with Gasteiger partial charge >= 0.3 is 5.97 Å². The molecule has 0 aliphatic carbocycles. The van der Waals surface area contributed by atoms with Crippen LogP contribution in [0.15, 0.2) is 72.8 Å². The molecule has 2 amide bonds. The Morgan fingerprint density at radius 1 is 0.865 bits per heavy atom. The number of aliphatic carboxylic acids is 1. The molecule has 7 nitrogen and oxygen atoms in total. The third-order valence-electron chi connectivity index (χ3n) is 6.67. The molecule has 1 heterocycles. The molecule has 0 spiro atoms. The first-order valence-electron chi connectivity index (χ1n) is 12.6. The van der Waals surface area contributed by atoms with Crippen molar-refractivity contribution in [3.8, 4) is 16.9 Å². The lowest BCUT2D eigenvalue weighted by molar-refractivity contribution is -0.146. The van der Waals surface area contributed by atoms with Crippen LogP contribution >= 0.6 is 0 Å². The molecule has 37 heavy (non-hydrogen) atoms. The number of aliphatic hydroxyl groups is 1. The maximum absolute atomic E-state index is 12.5. The highest BCUT2D eigenvalue weighted by atomic mass is 16.5. The minimum Gasteiger partial charge on any atom is -0.494 e. The van der Waals surface area contributed by atoms with E-state index in [1.165, 1.54) is 0 Å². The predicted molar refractivity (Wildman–Crippen MR) is 140 cm³/mol. The zero-order valence-corrected chi connectivity index (χ0v) is 20.8. The number of carboxylic acid groups (broad SMARTS) is 1. The molecule has 3 aromatic carbocycles. The van der Waals surface area contributed by atoms with E-state index >= 15 is 0 Å². The molecule has 3 aromatic rings. The van der Waals surface area contributed by atoms with Crippen LogP contribution in [0.4, 0.5) is 0 Å². The minimum atomic E-state index is -1.15. The number of aryl methyl sites for hydroxylation is 1. The highest BCUT2D eigenvalue weighted by Crippen LogP contribution is 2.26. The van der Waals surface area contributed by atoms with Crippen molar-refractivity contribution >= 4 is 17.8 Å². The average Bonchev–Trinajstić information content (AvgIpc) is 3.16. The summed E-state index contributed by atoms with van der Waals surface area (Å²) in [6, 6.07) is 22.4. The summed E-state index contributed by atoms with van der Waals surface area (Å²) in [6.45, 7) is 2.69. The number of imide groups is 1. The summed E-state index contributed by atoms with van der Waals surface area (Å²) in [4.78, 5) is 38.0. The number of hydrogen-bond acceptors (Lipinski definition) is 5. The van der Waals surface area contributed by atoms with E-state index in [-0.39, 0.29) is 19.4 Å². The summed E-state index contributed by atoms with van der Waals surface area (Å²) < 4.78 is 5.63. The molecule has 0 fully saturated rings. The standard InChI is InChI=1S/C30H31NO6/c1-2-19-37-23-14-12-22(13-15-23)21-10-7-20(8-11-21)9-16-27(32)26(30(35)36)17-18-31-28(33)24-5-3-4-6-25(24)29(31)34/h3-8,10-15,26-27,32H,2,9,16-19H2,1H3,(H,35,36). The molecule has 0 radical (unpaired) electrons. The van der Waals surface area contributed by atoms with Gasteiger partial charge in [-0.2, -0.15) is 0 Å². The molecule has 1 aliphatic heterocycles. The van der Waals surface area contributed by atoms with Crippen LogP contribution in [0.3, 0.4) is 0 Å². The Balaban J connectivity index is 1.31. The van der Waals surface area contributed by atoms with Crippen LogP contribution in [0.2, 0.25) is 0 Å². The van der Waals surface area contributed by atoms with Gasteiger partial charge in [0.15, 0.2) is 0 Å². The van der Waals surface area contributed by atoms with Gasteiger partial charge in [0, 0.05) is 6.54 Å². The van der Waals surface area contributed by atoms with Gasteiger partial charge in [0.2, 0.25) is 0 Å². The summed E-state index contributed by atoms with van der Waals surface area (Å²) in [5.74, 6) is -2.25. The number of benzene rings is 3. The summed E-state index contributed by atoms with van der Waals surface area (Å²) in [7, 11) is 0. The van der Waals surface area contributed by atoms with Crippen molar-refractivity contribution < 1.29 is 29.3 Å². The van der Waals surface area contributed by atoms with Gasteiger partial charge in [-0.05, 0) is 66.6 Å². The molecule has 0 bridgehead atoms. The molecule has 1 aliphatic rings. The van der Waals surface area contributed by atoms with E-state index < -0.39 is 29.8 Å². The SMILES string of the molecule is CCCOc1ccc(-c2ccc(CCC(O)C(CCN3C(=O)c4ccccc4C3=O)C(=O)O)cc2)cc1. The average molecular weight is 502 g/mol. The Bertz CT molecular complexity index is 1220. The number of rotatable bonds is 12. The second-order valence-corrected chi connectivity index (χ2v) is 9.22. The minimum absolute atomic E-state index is 0.0150. The first-order chi connectivity index (χ1) is 17.9. The Morgan fingerprint density at radius 3 is 1.97 bits per heavy atom. The van der Waals surface area contributed by atoms with Crippen molar-refractivity contribution in [2.45, 2.75) is 38.7 Å². The summed E-state index contributed by atoms with van der Waals surface area (Å²) >= 11 is 0. The molecule has 7 heteroatoms. The quantitative estimate of drug-likeness (QED) is 0.345. The Kier molecular flexibility index (Phi) is 8.36. The molecule has 0 saturated carbocycles. The van der Waals surface area contributed by atoms with Gasteiger partial charge in [-0.25, -0.2) is 0 Å². The topological polar surface area (TPSA) is 104 Å². The maximum Gasteiger partial charge on any atom is 0.309 e. The van der Waals surface area contributed by atoms with E-state index in [9.17, 15) is 24.6 Å². The Hall–Kier alpha value is -3.97. The lowest BCUT2D eigenvalue weighted by atomic mass is 9.93. The van der Waals surface area contributed by atoms with Crippen molar-refractivity contribution in [3.05, 3.63) is 89.5 Å². The van der Waals surface area contributed by atoms with E-state index in [4.69, 9.17) is 4.74 Å². The van der Waals surface area contributed by atoms with Gasteiger partial charge in [0.25, 0.3) is 11.8 Å². The fourth-order valence-electron chi connectivity index (χ4n) is 4.53. The molecule has 2 unspecified atom stereocenters. The van der Waals surface area contributed by atoms with Crippen molar-refractivity contribution in [2.75, 3.05) is 13.2 Å². The van der Waals surface area contributed by atoms with Crippen LogP contribution in [0, 0.1) is 5.92 Å². The first-order valence-corrected chi connectivity index (χ1v) is 12.6. The van der Waals surface area contributed by atoms with Crippen LogP contribution in [0.25, 0.3) is 11.1 Å². The second-order valence-electron chi connectivity index (χ2n) is 9.22. The van der Waals surface area contributed by atoms with Crippen LogP contribution in [-0.2, 0) is 11.2 Å². The zero-order chi connectivity index (χ0) is 26.4. The number of carbonyl (C=O) groups is 3. The summed E-state index contributed by atoms with van der Waals surface area (Å²) in [5, 5.41) is 20.4. The van der Waals surface area contributed by atoms with Gasteiger partial charge in [-0.3, -0.25) is 19.3 Å². The van der Waals surface area contributed by atoms with Crippen molar-refractivity contribution in [1.82, 2.24) is 4.90 Å². The van der Waals surface area contributed by atoms with Crippen LogP contribution in [0.1, 0.15) is 52.5 Å². The third-order valence-corrected chi connectivity index (χ3v) is 6.67. The van der Waals surface area contributed by atoms with E-state index in [0.29, 0.717) is 24.2 Å². The molecule has 0 saturated heterocycles. The fourth-order valence-corrected chi connectivity index (χ4v) is 4.53. The molecule has 2 N–H and O–H groups in total. The van der Waals surface area contributed by atoms with Gasteiger partial charge in [-0.15, -0.1) is 0 Å². The monoisotopic (exact) mass is 501 g/mol. The zero-order valence-electron chi connectivity index (χ0n) is 20.8. The molecule has 4 rings (SSSR count). The number of fused-ring (bicyclic) bond motifs is 1. The lowest BCUT2D eigenvalue weighted by Gasteiger charge is -2.22. The van der Waals surface area contributed by atoms with Crippen molar-refractivity contribution in [1.29, 1.82) is 0 Å². The van der Waals surface area contributed by atoms with Crippen LogP contribution < -0.4 is 4.74 Å². The molecule has 2 atom stereocenters. The normalized spacial score (nSPS) is 14.4. The smallest absolute Gasteiger partial charge is 0.309 e. The van der Waals surface area contributed by atoms with E-state index in [2.05, 4.69) is 6.92 Å². The van der Waals surface area contributed by atoms with Crippen LogP contribution in [-0.4, -0.2) is 52.2 Å². The highest BCUT2D eigenvalue weighted by molar-refractivity contribution is 6.21. The van der Waals surface area contributed by atoms with Crippen LogP contribution in [0.5, 0.6) is 5.75 Å². The first kappa shape index (κ1) is 26.1. The Labute approximate surface area is 216 Å². The van der Waals surface area contributed by atoms with E-state index in [1.54, 1.807) is 24.3 Å². The fraction of sp³-hybridized carbons (Fsp3) is 0.300. The summed E-state index contributed by atoms with van der Waals surface area (Å²) in [5.41, 5.74) is 3.74. The molecule has 0 aromatic heterocycles. The van der Waals surface area contributed by atoms with Crippen molar-refractivity contribution in [3.63, 3.8) is 0 Å². The predicted octanol–water partition coefficient (Wildman–Crippen LogP) is 4.82. The largest absolute Gasteiger partial charge is 0.494 e. The highest BCUT2D eigenvalue weighted by Gasteiger charge is 2.36. The lowest BCUT2D eigenvalue weighted by Crippen LogP contribution is -2.36. The summed E-state index contributed by atoms with van der Waals surface area (Å²) in [6.07, 6.45) is 0.587. The van der Waals surface area contributed by atoms with Gasteiger partial charge < -0.3 is 14.9 Å². The van der Waals surface area contributed by atoms with E-state index in [0.717, 1.165) is 33.8 Å². The van der Waals surface area contributed by atoms with Gasteiger partial charge in [0.1, 0.15) is 5.75 Å². The number of amides is 2.